The largest absolute Gasteiger partial charge is 0.486 e. The molecule has 4 rings (SSSR count). The van der Waals surface area contributed by atoms with Crippen LogP contribution in [-0.2, 0) is 21.3 Å². The molecule has 1 aliphatic heterocycles. The number of nitrogens with one attached hydrogen (secondary N) is 1. The highest BCUT2D eigenvalue weighted by Crippen LogP contribution is 2.33. The van der Waals surface area contributed by atoms with E-state index in [1.807, 2.05) is 0 Å². The van der Waals surface area contributed by atoms with Crippen LogP contribution in [-0.4, -0.2) is 62.3 Å². The molecule has 34 heavy (non-hydrogen) atoms. The molecule has 0 saturated heterocycles. The van der Waals surface area contributed by atoms with Crippen molar-refractivity contribution in [3.63, 3.8) is 0 Å². The zero-order chi connectivity index (χ0) is 24.3. The number of esters is 1. The van der Waals surface area contributed by atoms with E-state index in [9.17, 15) is 23.1 Å². The first kappa shape index (κ1) is 23.7. The first-order valence-electron chi connectivity index (χ1n) is 10.6. The van der Waals surface area contributed by atoms with Gasteiger partial charge >= 0.3 is 5.97 Å². The van der Waals surface area contributed by atoms with Gasteiger partial charge in [-0.2, -0.15) is 4.31 Å². The summed E-state index contributed by atoms with van der Waals surface area (Å²) in [5.74, 6) is 0.497. The summed E-state index contributed by atoms with van der Waals surface area (Å²) in [6.07, 6.45) is 0.184. The number of carbonyl (C=O) groups is 1. The first-order chi connectivity index (χ1) is 16.3. The van der Waals surface area contributed by atoms with Crippen LogP contribution in [0.2, 0.25) is 0 Å². The third-order valence-electron chi connectivity index (χ3n) is 5.41. The van der Waals surface area contributed by atoms with Gasteiger partial charge in [-0.3, -0.25) is 4.79 Å². The molecule has 2 heterocycles. The molecule has 180 valence electrons. The molecule has 0 bridgehead atoms. The van der Waals surface area contributed by atoms with Crippen molar-refractivity contribution < 1.29 is 32.5 Å². The Labute approximate surface area is 195 Å². The fraction of sp³-hybridized carbons (Fsp3) is 0.304. The number of H-pyrrole nitrogens is 1. The van der Waals surface area contributed by atoms with Crippen molar-refractivity contribution in [1.82, 2.24) is 9.29 Å². The molecule has 1 aliphatic rings. The molecular formula is C23H24N2O8S. The van der Waals surface area contributed by atoms with Gasteiger partial charge in [0.1, 0.15) is 13.2 Å². The summed E-state index contributed by atoms with van der Waals surface area (Å²) in [6.45, 7) is 0.400. The Morgan fingerprint density at radius 2 is 1.79 bits per heavy atom. The summed E-state index contributed by atoms with van der Waals surface area (Å²) in [7, 11) is -2.80. The van der Waals surface area contributed by atoms with E-state index in [-0.39, 0.29) is 42.1 Å². The van der Waals surface area contributed by atoms with Crippen LogP contribution >= 0.6 is 0 Å². The van der Waals surface area contributed by atoms with Crippen molar-refractivity contribution in [2.24, 2.45) is 0 Å². The number of aromatic nitrogens is 1. The normalized spacial score (nSPS) is 13.3. The molecule has 0 amide bonds. The number of hydrogen-bond acceptors (Lipinski definition) is 8. The minimum absolute atomic E-state index is 0.00377. The summed E-state index contributed by atoms with van der Waals surface area (Å²) in [5, 5.41) is 9.95. The molecule has 3 aromatic rings. The number of fused-ring (bicyclic) bond motifs is 2. The van der Waals surface area contributed by atoms with Gasteiger partial charge in [-0.05, 0) is 42.8 Å². The predicted molar refractivity (Wildman–Crippen MR) is 123 cm³/mol. The Morgan fingerprint density at radius 1 is 1.12 bits per heavy atom. The monoisotopic (exact) mass is 488 g/mol. The standard InChI is InChI=1S/C23H24N2O8S/c1-31-23(28)15-3-5-18(6-4-15)34(29,30)25(7-2-8-26)14-17-11-16-12-20-21(33-10-9-32-20)13-19(16)24-22(17)27/h3-6,11-13,26H,2,7-10,14H2,1H3,(H,24,27). The van der Waals surface area contributed by atoms with Crippen LogP contribution < -0.4 is 15.0 Å². The molecule has 0 fully saturated rings. The Kier molecular flexibility index (Phi) is 6.87. The lowest BCUT2D eigenvalue weighted by atomic mass is 10.1. The quantitative estimate of drug-likeness (QED) is 0.457. The van der Waals surface area contributed by atoms with Crippen molar-refractivity contribution in [2.45, 2.75) is 17.9 Å². The molecule has 2 N–H and O–H groups in total. The van der Waals surface area contributed by atoms with Crippen molar-refractivity contribution in [3.8, 4) is 11.5 Å². The fourth-order valence-electron chi connectivity index (χ4n) is 3.66. The summed E-state index contributed by atoms with van der Waals surface area (Å²) >= 11 is 0. The SMILES string of the molecule is COC(=O)c1ccc(S(=O)(=O)N(CCCO)Cc2cc3cc4c(cc3[nH]c2=O)OCCO4)cc1. The van der Waals surface area contributed by atoms with Crippen molar-refractivity contribution in [3.05, 3.63) is 63.9 Å². The smallest absolute Gasteiger partial charge is 0.337 e. The molecule has 10 nitrogen and oxygen atoms in total. The Hall–Kier alpha value is -3.41. The number of aromatic amines is 1. The van der Waals surface area contributed by atoms with Gasteiger partial charge in [-0.1, -0.05) is 0 Å². The third kappa shape index (κ3) is 4.76. The zero-order valence-corrected chi connectivity index (χ0v) is 19.3. The molecule has 1 aromatic heterocycles. The van der Waals surface area contributed by atoms with Gasteiger partial charge in [0.25, 0.3) is 5.56 Å². The topological polar surface area (TPSA) is 135 Å². The fourth-order valence-corrected chi connectivity index (χ4v) is 5.11. The van der Waals surface area contributed by atoms with E-state index in [2.05, 4.69) is 9.72 Å². The van der Waals surface area contributed by atoms with Gasteiger partial charge in [0.15, 0.2) is 11.5 Å². The number of aliphatic hydroxyl groups is 1. The minimum Gasteiger partial charge on any atom is -0.486 e. The van der Waals surface area contributed by atoms with Gasteiger partial charge in [-0.15, -0.1) is 0 Å². The highest BCUT2D eigenvalue weighted by atomic mass is 32.2. The van der Waals surface area contributed by atoms with Crippen LogP contribution in [0.1, 0.15) is 22.3 Å². The number of carbonyl (C=O) groups excluding carboxylic acids is 1. The van der Waals surface area contributed by atoms with E-state index in [1.165, 1.54) is 31.4 Å². The maximum atomic E-state index is 13.3. The molecule has 0 spiro atoms. The predicted octanol–water partition coefficient (Wildman–Crippen LogP) is 1.66. The molecule has 0 aliphatic carbocycles. The maximum Gasteiger partial charge on any atom is 0.337 e. The molecule has 0 atom stereocenters. The number of sulfonamides is 1. The average Bonchev–Trinajstić information content (AvgIpc) is 2.85. The maximum absolute atomic E-state index is 13.3. The number of methoxy groups -OCH3 is 1. The Balaban J connectivity index is 1.68. The first-order valence-corrected chi connectivity index (χ1v) is 12.0. The van der Waals surface area contributed by atoms with Crippen LogP contribution in [0, 0.1) is 0 Å². The van der Waals surface area contributed by atoms with Crippen molar-refractivity contribution in [2.75, 3.05) is 33.5 Å². The van der Waals surface area contributed by atoms with Gasteiger partial charge in [0.2, 0.25) is 10.0 Å². The summed E-state index contributed by atoms with van der Waals surface area (Å²) in [4.78, 5) is 27.2. The number of nitrogens with zero attached hydrogens (tertiary/aromatic N) is 1. The molecule has 0 radical (unpaired) electrons. The molecular weight excluding hydrogens is 464 g/mol. The van der Waals surface area contributed by atoms with Crippen molar-refractivity contribution in [1.29, 1.82) is 0 Å². The van der Waals surface area contributed by atoms with Gasteiger partial charge in [0.05, 0.1) is 23.1 Å². The number of benzene rings is 2. The second kappa shape index (κ2) is 9.84. The minimum atomic E-state index is -4.03. The van der Waals surface area contributed by atoms with E-state index >= 15 is 0 Å². The highest BCUT2D eigenvalue weighted by molar-refractivity contribution is 7.89. The van der Waals surface area contributed by atoms with E-state index < -0.39 is 21.6 Å². The van der Waals surface area contributed by atoms with Crippen LogP contribution in [0.3, 0.4) is 0 Å². The van der Waals surface area contributed by atoms with Crippen LogP contribution in [0.25, 0.3) is 10.9 Å². The number of aliphatic hydroxyl groups excluding tert-OH is 1. The lowest BCUT2D eigenvalue weighted by Gasteiger charge is -2.22. The second-order valence-corrected chi connectivity index (χ2v) is 9.58. The van der Waals surface area contributed by atoms with E-state index in [1.54, 1.807) is 18.2 Å². The van der Waals surface area contributed by atoms with Crippen LogP contribution in [0.4, 0.5) is 0 Å². The third-order valence-corrected chi connectivity index (χ3v) is 7.27. The van der Waals surface area contributed by atoms with E-state index in [0.29, 0.717) is 35.6 Å². The Morgan fingerprint density at radius 3 is 2.44 bits per heavy atom. The highest BCUT2D eigenvalue weighted by Gasteiger charge is 2.26. The Bertz CT molecular complexity index is 1370. The molecule has 11 heteroatoms. The number of rotatable bonds is 8. The molecule has 0 saturated carbocycles. The second-order valence-electron chi connectivity index (χ2n) is 7.64. The zero-order valence-electron chi connectivity index (χ0n) is 18.4. The summed E-state index contributed by atoms with van der Waals surface area (Å²) in [6, 6.07) is 10.4. The summed E-state index contributed by atoms with van der Waals surface area (Å²) < 4.78 is 43.6. The van der Waals surface area contributed by atoms with Crippen molar-refractivity contribution >= 4 is 26.9 Å². The van der Waals surface area contributed by atoms with E-state index in [0.717, 1.165) is 4.31 Å². The number of hydrogen-bond donors (Lipinski definition) is 2. The van der Waals surface area contributed by atoms with E-state index in [4.69, 9.17) is 9.47 Å². The number of pyridine rings is 1. The van der Waals surface area contributed by atoms with Gasteiger partial charge in [-0.25, -0.2) is 13.2 Å². The lowest BCUT2D eigenvalue weighted by Crippen LogP contribution is -2.34. The average molecular weight is 489 g/mol. The molecule has 2 aromatic carbocycles. The van der Waals surface area contributed by atoms with Crippen LogP contribution in [0.15, 0.2) is 52.2 Å². The van der Waals surface area contributed by atoms with Gasteiger partial charge < -0.3 is 24.3 Å². The number of ether oxygens (including phenoxy) is 3. The molecule has 0 unspecified atom stereocenters. The van der Waals surface area contributed by atoms with Crippen LogP contribution in [0.5, 0.6) is 11.5 Å². The summed E-state index contributed by atoms with van der Waals surface area (Å²) in [5.41, 5.74) is 0.552. The van der Waals surface area contributed by atoms with Gasteiger partial charge in [0, 0.05) is 36.7 Å². The lowest BCUT2D eigenvalue weighted by molar-refractivity contribution is 0.0600.